The van der Waals surface area contributed by atoms with Crippen LogP contribution in [0.2, 0.25) is 0 Å². The van der Waals surface area contributed by atoms with Crippen LogP contribution in [0.5, 0.6) is 11.5 Å². The van der Waals surface area contributed by atoms with Gasteiger partial charge in [-0.3, -0.25) is 9.69 Å². The van der Waals surface area contributed by atoms with Gasteiger partial charge in [0.25, 0.3) is 5.91 Å². The lowest BCUT2D eigenvalue weighted by Gasteiger charge is -2.34. The Kier molecular flexibility index (Phi) is 8.57. The van der Waals surface area contributed by atoms with Gasteiger partial charge in [0, 0.05) is 44.5 Å². The molecular weight excluding hydrogens is 380 g/mol. The molecule has 0 radical (unpaired) electrons. The third-order valence-electron chi connectivity index (χ3n) is 4.55. The first-order chi connectivity index (χ1) is 13.3. The molecule has 0 bridgehead atoms. The van der Waals surface area contributed by atoms with Crippen LogP contribution in [0, 0.1) is 0 Å². The highest BCUT2D eigenvalue weighted by Crippen LogP contribution is 2.29. The quantitative estimate of drug-likeness (QED) is 0.586. The van der Waals surface area contributed by atoms with Crippen molar-refractivity contribution in [3.05, 3.63) is 23.8 Å². The zero-order valence-corrected chi connectivity index (χ0v) is 18.0. The monoisotopic (exact) mass is 412 g/mol. The fraction of sp³-hybridized carbons (Fsp3) is 0.650. The third kappa shape index (κ3) is 6.98. The highest BCUT2D eigenvalue weighted by atomic mass is 32.2. The molecule has 1 heterocycles. The fourth-order valence-electron chi connectivity index (χ4n) is 2.95. The second-order valence-electron chi connectivity index (χ2n) is 7.12. The molecule has 1 aromatic rings. The van der Waals surface area contributed by atoms with Crippen molar-refractivity contribution in [3.63, 3.8) is 0 Å². The summed E-state index contributed by atoms with van der Waals surface area (Å²) in [6.07, 6.45) is 3.03. The van der Waals surface area contributed by atoms with Gasteiger partial charge in [0.1, 0.15) is 9.84 Å². The molecule has 8 heteroatoms. The average Bonchev–Trinajstić information content (AvgIpc) is 2.68. The van der Waals surface area contributed by atoms with Crippen molar-refractivity contribution in [3.8, 4) is 11.5 Å². The number of hydrogen-bond acceptors (Lipinski definition) is 6. The van der Waals surface area contributed by atoms with E-state index in [0.717, 1.165) is 12.8 Å². The standard InChI is InChI=1S/C20H32N2O5S/c1-4-13-26-18-7-6-17(16-19(18)27-14-5-2)20(23)22-10-8-21(9-11-22)12-15-28(3,24)25/h6-7,16H,4-5,8-15H2,1-3H3. The molecule has 1 aliphatic heterocycles. The van der Waals surface area contributed by atoms with Crippen LogP contribution in [0.3, 0.4) is 0 Å². The number of hydrogen-bond donors (Lipinski definition) is 0. The van der Waals surface area contributed by atoms with Crippen LogP contribution < -0.4 is 9.47 Å². The summed E-state index contributed by atoms with van der Waals surface area (Å²) in [5.74, 6) is 1.38. The molecule has 0 atom stereocenters. The van der Waals surface area contributed by atoms with Crippen LogP contribution in [0.4, 0.5) is 0 Å². The zero-order chi connectivity index (χ0) is 20.6. The first kappa shape index (κ1) is 22.5. The zero-order valence-electron chi connectivity index (χ0n) is 17.1. The Bertz CT molecular complexity index is 743. The Morgan fingerprint density at radius 3 is 2.18 bits per heavy atom. The van der Waals surface area contributed by atoms with Gasteiger partial charge in [0.15, 0.2) is 11.5 Å². The molecule has 0 spiro atoms. The molecule has 1 aliphatic rings. The van der Waals surface area contributed by atoms with E-state index in [2.05, 4.69) is 4.90 Å². The number of carbonyl (C=O) groups is 1. The SMILES string of the molecule is CCCOc1ccc(C(=O)N2CCN(CCS(C)(=O)=O)CC2)cc1OCCC. The van der Waals surface area contributed by atoms with Gasteiger partial charge in [-0.2, -0.15) is 0 Å². The Hall–Kier alpha value is -1.80. The van der Waals surface area contributed by atoms with E-state index in [-0.39, 0.29) is 11.7 Å². The molecule has 158 valence electrons. The minimum absolute atomic E-state index is 0.0360. The van der Waals surface area contributed by atoms with E-state index in [1.54, 1.807) is 18.2 Å². The summed E-state index contributed by atoms with van der Waals surface area (Å²) in [6, 6.07) is 5.34. The number of carbonyl (C=O) groups excluding carboxylic acids is 1. The summed E-state index contributed by atoms with van der Waals surface area (Å²) in [6.45, 7) is 8.29. The van der Waals surface area contributed by atoms with Gasteiger partial charge in [0.2, 0.25) is 0 Å². The van der Waals surface area contributed by atoms with E-state index < -0.39 is 9.84 Å². The van der Waals surface area contributed by atoms with Gasteiger partial charge in [-0.15, -0.1) is 0 Å². The second kappa shape index (κ2) is 10.7. The summed E-state index contributed by atoms with van der Waals surface area (Å²) in [7, 11) is -2.97. The van der Waals surface area contributed by atoms with Crippen LogP contribution in [-0.2, 0) is 9.84 Å². The van der Waals surface area contributed by atoms with Crippen molar-refractivity contribution in [1.82, 2.24) is 9.80 Å². The number of benzene rings is 1. The molecule has 0 saturated carbocycles. The van der Waals surface area contributed by atoms with Gasteiger partial charge < -0.3 is 14.4 Å². The Labute approximate surface area is 168 Å². The van der Waals surface area contributed by atoms with E-state index in [9.17, 15) is 13.2 Å². The predicted molar refractivity (Wildman–Crippen MR) is 110 cm³/mol. The van der Waals surface area contributed by atoms with Gasteiger partial charge in [-0.25, -0.2) is 8.42 Å². The summed E-state index contributed by atoms with van der Waals surface area (Å²) in [5, 5.41) is 0. The smallest absolute Gasteiger partial charge is 0.254 e. The Balaban J connectivity index is 1.99. The fourth-order valence-corrected chi connectivity index (χ4v) is 3.54. The van der Waals surface area contributed by atoms with Crippen molar-refractivity contribution in [2.75, 3.05) is 57.9 Å². The van der Waals surface area contributed by atoms with Crippen LogP contribution in [0.15, 0.2) is 18.2 Å². The first-order valence-electron chi connectivity index (χ1n) is 9.93. The van der Waals surface area contributed by atoms with Crippen LogP contribution in [0.25, 0.3) is 0 Å². The maximum atomic E-state index is 12.9. The number of amides is 1. The lowest BCUT2D eigenvalue weighted by molar-refractivity contribution is 0.0643. The number of ether oxygens (including phenoxy) is 2. The van der Waals surface area contributed by atoms with E-state index in [0.29, 0.717) is 63.0 Å². The maximum Gasteiger partial charge on any atom is 0.254 e. The van der Waals surface area contributed by atoms with Crippen LogP contribution in [-0.4, -0.2) is 82.1 Å². The lowest BCUT2D eigenvalue weighted by Crippen LogP contribution is -2.49. The van der Waals surface area contributed by atoms with Gasteiger partial charge in [-0.1, -0.05) is 13.8 Å². The summed E-state index contributed by atoms with van der Waals surface area (Å²) < 4.78 is 34.1. The molecule has 0 unspecified atom stereocenters. The maximum absolute atomic E-state index is 12.9. The van der Waals surface area contributed by atoms with Crippen LogP contribution in [0.1, 0.15) is 37.0 Å². The van der Waals surface area contributed by atoms with E-state index in [1.165, 1.54) is 6.26 Å². The van der Waals surface area contributed by atoms with Crippen molar-refractivity contribution in [2.24, 2.45) is 0 Å². The average molecular weight is 413 g/mol. The van der Waals surface area contributed by atoms with E-state index in [1.807, 2.05) is 18.7 Å². The molecule has 0 aromatic heterocycles. The minimum Gasteiger partial charge on any atom is -0.490 e. The molecule has 2 rings (SSSR count). The summed E-state index contributed by atoms with van der Waals surface area (Å²) in [4.78, 5) is 16.8. The minimum atomic E-state index is -2.97. The van der Waals surface area contributed by atoms with Gasteiger partial charge in [-0.05, 0) is 31.0 Å². The van der Waals surface area contributed by atoms with E-state index in [4.69, 9.17) is 9.47 Å². The third-order valence-corrected chi connectivity index (χ3v) is 5.48. The van der Waals surface area contributed by atoms with Gasteiger partial charge >= 0.3 is 0 Å². The molecule has 0 aliphatic carbocycles. The van der Waals surface area contributed by atoms with Gasteiger partial charge in [0.05, 0.1) is 19.0 Å². The van der Waals surface area contributed by atoms with Crippen molar-refractivity contribution < 1.29 is 22.7 Å². The first-order valence-corrected chi connectivity index (χ1v) is 12.0. The highest BCUT2D eigenvalue weighted by Gasteiger charge is 2.23. The lowest BCUT2D eigenvalue weighted by atomic mass is 10.1. The Morgan fingerprint density at radius 1 is 1.00 bits per heavy atom. The van der Waals surface area contributed by atoms with E-state index >= 15 is 0 Å². The summed E-state index contributed by atoms with van der Waals surface area (Å²) in [5.41, 5.74) is 0.583. The number of piperazine rings is 1. The van der Waals surface area contributed by atoms with Crippen LogP contribution >= 0.6 is 0 Å². The van der Waals surface area contributed by atoms with Crippen molar-refractivity contribution >= 4 is 15.7 Å². The Morgan fingerprint density at radius 2 is 1.61 bits per heavy atom. The molecule has 0 N–H and O–H groups in total. The molecular formula is C20H32N2O5S. The highest BCUT2D eigenvalue weighted by molar-refractivity contribution is 7.90. The normalized spacial score (nSPS) is 15.5. The van der Waals surface area contributed by atoms with Crippen molar-refractivity contribution in [1.29, 1.82) is 0 Å². The molecule has 1 saturated heterocycles. The molecule has 1 fully saturated rings. The number of sulfone groups is 1. The molecule has 28 heavy (non-hydrogen) atoms. The van der Waals surface area contributed by atoms with Crippen molar-refractivity contribution in [2.45, 2.75) is 26.7 Å². The second-order valence-corrected chi connectivity index (χ2v) is 9.38. The molecule has 7 nitrogen and oxygen atoms in total. The number of rotatable bonds is 10. The number of nitrogens with zero attached hydrogens (tertiary/aromatic N) is 2. The predicted octanol–water partition coefficient (Wildman–Crippen LogP) is 2.07. The summed E-state index contributed by atoms with van der Waals surface area (Å²) >= 11 is 0. The molecule has 1 aromatic carbocycles. The largest absolute Gasteiger partial charge is 0.490 e. The molecule has 1 amide bonds. The topological polar surface area (TPSA) is 76.2 Å².